The summed E-state index contributed by atoms with van der Waals surface area (Å²) in [6.45, 7) is 0. The highest BCUT2D eigenvalue weighted by atomic mass is 16.3. The maximum Gasteiger partial charge on any atom is 0.164 e. The van der Waals surface area contributed by atoms with Crippen molar-refractivity contribution in [1.82, 2.24) is 24.1 Å². The Labute approximate surface area is 349 Å². The van der Waals surface area contributed by atoms with Gasteiger partial charge >= 0.3 is 0 Å². The molecule has 4 heterocycles. The van der Waals surface area contributed by atoms with Gasteiger partial charge in [0.15, 0.2) is 17.5 Å². The summed E-state index contributed by atoms with van der Waals surface area (Å²) in [4.78, 5) is 15.2. The summed E-state index contributed by atoms with van der Waals surface area (Å²) in [7, 11) is 0. The van der Waals surface area contributed by atoms with Crippen LogP contribution in [0.4, 0.5) is 0 Å². The van der Waals surface area contributed by atoms with Crippen molar-refractivity contribution in [3.63, 3.8) is 0 Å². The molecule has 0 radical (unpaired) electrons. The fourth-order valence-electron chi connectivity index (χ4n) is 9.54. The van der Waals surface area contributed by atoms with E-state index in [9.17, 15) is 0 Å². The first kappa shape index (κ1) is 33.6. The minimum absolute atomic E-state index is 0.628. The van der Waals surface area contributed by atoms with Crippen LogP contribution in [-0.2, 0) is 0 Å². The molecular formula is C55H33N5O. The third-order valence-corrected chi connectivity index (χ3v) is 12.2. The summed E-state index contributed by atoms with van der Waals surface area (Å²) in [6.07, 6.45) is 0. The number of rotatable bonds is 5. The molecule has 0 N–H and O–H groups in total. The van der Waals surface area contributed by atoms with Crippen LogP contribution in [0.15, 0.2) is 205 Å². The highest BCUT2D eigenvalue weighted by Gasteiger charge is 2.24. The first-order valence-electron chi connectivity index (χ1n) is 20.5. The van der Waals surface area contributed by atoms with E-state index in [2.05, 4.69) is 143 Å². The Morgan fingerprint density at radius 2 is 0.918 bits per heavy atom. The predicted octanol–water partition coefficient (Wildman–Crippen LogP) is 14.1. The van der Waals surface area contributed by atoms with Gasteiger partial charge in [0.1, 0.15) is 11.2 Å². The Morgan fingerprint density at radius 1 is 0.344 bits per heavy atom. The SMILES string of the molecule is c1ccc(-c2nc(-c3ccccc3)nc(-c3cccc4c(-n5c6ccccc6c6c5ccc5c7c8oc9ccccc9c8ccc7n(-c7ccccc7)c56)cccc34)n2)cc1. The normalized spacial score (nSPS) is 11.9. The van der Waals surface area contributed by atoms with E-state index in [-0.39, 0.29) is 0 Å². The maximum atomic E-state index is 6.73. The average Bonchev–Trinajstić information content (AvgIpc) is 3.99. The number of nitrogens with zero attached hydrogens (tertiary/aromatic N) is 5. The second-order valence-electron chi connectivity index (χ2n) is 15.5. The fraction of sp³-hybridized carbons (Fsp3) is 0. The molecule has 284 valence electrons. The number of hydrogen-bond acceptors (Lipinski definition) is 4. The smallest absolute Gasteiger partial charge is 0.164 e. The lowest BCUT2D eigenvalue weighted by Crippen LogP contribution is -2.01. The molecule has 6 heteroatoms. The molecule has 0 unspecified atom stereocenters. The number of hydrogen-bond donors (Lipinski definition) is 0. The zero-order chi connectivity index (χ0) is 40.0. The molecule has 61 heavy (non-hydrogen) atoms. The molecule has 0 saturated carbocycles. The van der Waals surface area contributed by atoms with Crippen LogP contribution >= 0.6 is 0 Å². The number of fused-ring (bicyclic) bond motifs is 12. The van der Waals surface area contributed by atoms with Crippen LogP contribution in [0.25, 0.3) is 122 Å². The summed E-state index contributed by atoms with van der Waals surface area (Å²) < 4.78 is 11.6. The van der Waals surface area contributed by atoms with Gasteiger partial charge in [0.2, 0.25) is 0 Å². The van der Waals surface area contributed by atoms with Crippen LogP contribution in [0.1, 0.15) is 0 Å². The van der Waals surface area contributed by atoms with E-state index in [0.717, 1.165) is 93.6 Å². The molecule has 0 atom stereocenters. The van der Waals surface area contributed by atoms with Gasteiger partial charge in [-0.1, -0.05) is 146 Å². The Morgan fingerprint density at radius 3 is 1.67 bits per heavy atom. The van der Waals surface area contributed by atoms with Crippen LogP contribution in [0, 0.1) is 0 Å². The van der Waals surface area contributed by atoms with Gasteiger partial charge in [0.25, 0.3) is 0 Å². The highest BCUT2D eigenvalue weighted by Crippen LogP contribution is 2.46. The van der Waals surface area contributed by atoms with Crippen LogP contribution in [0.5, 0.6) is 0 Å². The highest BCUT2D eigenvalue weighted by molar-refractivity contribution is 6.31. The van der Waals surface area contributed by atoms with Crippen molar-refractivity contribution in [3.05, 3.63) is 200 Å². The third-order valence-electron chi connectivity index (χ3n) is 12.2. The zero-order valence-corrected chi connectivity index (χ0v) is 32.7. The largest absolute Gasteiger partial charge is 0.455 e. The summed E-state index contributed by atoms with van der Waals surface area (Å²) in [5.41, 5.74) is 11.3. The quantitative estimate of drug-likeness (QED) is 0.175. The first-order valence-corrected chi connectivity index (χ1v) is 20.5. The minimum Gasteiger partial charge on any atom is -0.455 e. The van der Waals surface area contributed by atoms with Crippen LogP contribution in [0.2, 0.25) is 0 Å². The molecular weight excluding hydrogens is 747 g/mol. The van der Waals surface area contributed by atoms with Gasteiger partial charge in [-0.15, -0.1) is 0 Å². The summed E-state index contributed by atoms with van der Waals surface area (Å²) in [6, 6.07) is 70.1. The lowest BCUT2D eigenvalue weighted by molar-refractivity contribution is 0.673. The van der Waals surface area contributed by atoms with Gasteiger partial charge in [0.05, 0.1) is 33.1 Å². The van der Waals surface area contributed by atoms with E-state index in [0.29, 0.717) is 17.5 Å². The van der Waals surface area contributed by atoms with Crippen molar-refractivity contribution >= 4 is 76.3 Å². The summed E-state index contributed by atoms with van der Waals surface area (Å²) in [5, 5.41) is 9.02. The molecule has 0 amide bonds. The predicted molar refractivity (Wildman–Crippen MR) is 250 cm³/mol. The molecule has 0 fully saturated rings. The molecule has 4 aromatic heterocycles. The van der Waals surface area contributed by atoms with Gasteiger partial charge in [-0.05, 0) is 60.0 Å². The standard InChI is InChI=1S/C55H33N5O/c1-4-16-34(17-5-1)53-56-54(35-18-6-2-7-19-35)58-55(57-53)41-26-14-25-38-37(41)24-15-28-44(38)60-45-27-12-10-23-42(45)49-46(60)33-31-43-50-47(59(51(43)49)36-20-8-3-9-21-36)32-30-40-39-22-11-13-29-48(39)61-52(40)50/h1-33H. The van der Waals surface area contributed by atoms with Crippen molar-refractivity contribution in [2.24, 2.45) is 0 Å². The Kier molecular flexibility index (Phi) is 7.21. The zero-order valence-electron chi connectivity index (χ0n) is 32.7. The van der Waals surface area contributed by atoms with Gasteiger partial charge < -0.3 is 13.6 Å². The van der Waals surface area contributed by atoms with Gasteiger partial charge in [-0.25, -0.2) is 15.0 Å². The van der Waals surface area contributed by atoms with E-state index in [1.54, 1.807) is 0 Å². The van der Waals surface area contributed by atoms with E-state index < -0.39 is 0 Å². The molecule has 0 aliphatic rings. The van der Waals surface area contributed by atoms with E-state index in [4.69, 9.17) is 19.4 Å². The Hall–Kier alpha value is -8.35. The molecule has 13 aromatic rings. The van der Waals surface area contributed by atoms with Crippen LogP contribution in [-0.4, -0.2) is 24.1 Å². The maximum absolute atomic E-state index is 6.73. The monoisotopic (exact) mass is 779 g/mol. The number of furan rings is 1. The molecule has 0 aliphatic heterocycles. The summed E-state index contributed by atoms with van der Waals surface area (Å²) >= 11 is 0. The average molecular weight is 780 g/mol. The van der Waals surface area contributed by atoms with Crippen molar-refractivity contribution in [1.29, 1.82) is 0 Å². The molecule has 9 aromatic carbocycles. The van der Waals surface area contributed by atoms with Crippen molar-refractivity contribution < 1.29 is 4.42 Å². The lowest BCUT2D eigenvalue weighted by Gasteiger charge is -2.14. The fourth-order valence-corrected chi connectivity index (χ4v) is 9.54. The van der Waals surface area contributed by atoms with E-state index >= 15 is 0 Å². The van der Waals surface area contributed by atoms with Crippen LogP contribution in [0.3, 0.4) is 0 Å². The van der Waals surface area contributed by atoms with E-state index in [1.807, 2.05) is 66.7 Å². The minimum atomic E-state index is 0.628. The van der Waals surface area contributed by atoms with Crippen molar-refractivity contribution in [2.75, 3.05) is 0 Å². The molecule has 0 spiro atoms. The number of aromatic nitrogens is 5. The molecule has 13 rings (SSSR count). The van der Waals surface area contributed by atoms with Gasteiger partial charge in [0, 0.05) is 54.7 Å². The Balaban J connectivity index is 1.10. The van der Waals surface area contributed by atoms with Crippen molar-refractivity contribution in [3.8, 4) is 45.5 Å². The van der Waals surface area contributed by atoms with Crippen molar-refractivity contribution in [2.45, 2.75) is 0 Å². The third kappa shape index (κ3) is 5.00. The van der Waals surface area contributed by atoms with Crippen LogP contribution < -0.4 is 0 Å². The molecule has 0 aliphatic carbocycles. The van der Waals surface area contributed by atoms with Gasteiger partial charge in [-0.2, -0.15) is 0 Å². The lowest BCUT2D eigenvalue weighted by atomic mass is 10.0. The van der Waals surface area contributed by atoms with Gasteiger partial charge in [-0.3, -0.25) is 0 Å². The molecule has 0 saturated heterocycles. The van der Waals surface area contributed by atoms with E-state index in [1.165, 1.54) is 10.8 Å². The second-order valence-corrected chi connectivity index (χ2v) is 15.5. The topological polar surface area (TPSA) is 61.7 Å². The second kappa shape index (κ2) is 13.1. The first-order chi connectivity index (χ1) is 30.3. The summed E-state index contributed by atoms with van der Waals surface area (Å²) in [5.74, 6) is 1.90. The Bertz CT molecular complexity index is 3810. The number of benzene rings is 9. The molecule has 0 bridgehead atoms. The number of para-hydroxylation sites is 3. The molecule has 6 nitrogen and oxygen atoms in total.